The number of fused-ring (bicyclic) bond motifs is 2. The van der Waals surface area contributed by atoms with E-state index in [9.17, 15) is 14.0 Å². The van der Waals surface area contributed by atoms with Crippen LogP contribution in [0.15, 0.2) is 65.5 Å². The number of imidazole rings is 1. The second-order valence-electron chi connectivity index (χ2n) is 8.73. The molecule has 1 aliphatic carbocycles. The lowest BCUT2D eigenvalue weighted by Crippen LogP contribution is -2.30. The van der Waals surface area contributed by atoms with E-state index < -0.39 is 0 Å². The number of hydrogen-bond acceptors (Lipinski definition) is 4. The predicted octanol–water partition coefficient (Wildman–Crippen LogP) is 4.48. The maximum absolute atomic E-state index is 14.8. The fourth-order valence-electron chi connectivity index (χ4n) is 4.19. The molecule has 3 aromatic carbocycles. The first-order valence-electron chi connectivity index (χ1n) is 11.4. The van der Waals surface area contributed by atoms with Crippen molar-refractivity contribution in [1.82, 2.24) is 25.5 Å². The predicted molar refractivity (Wildman–Crippen MR) is 132 cm³/mol. The van der Waals surface area contributed by atoms with E-state index in [-0.39, 0.29) is 23.4 Å². The Morgan fingerprint density at radius 1 is 1.06 bits per heavy atom. The van der Waals surface area contributed by atoms with Gasteiger partial charge in [-0.15, -0.1) is 0 Å². The van der Waals surface area contributed by atoms with Crippen molar-refractivity contribution in [1.29, 1.82) is 0 Å². The van der Waals surface area contributed by atoms with Gasteiger partial charge in [-0.1, -0.05) is 30.3 Å². The van der Waals surface area contributed by atoms with Crippen LogP contribution in [0.2, 0.25) is 0 Å². The molecule has 0 radical (unpaired) electrons. The third-order valence-electron chi connectivity index (χ3n) is 6.12. The molecule has 9 heteroatoms. The molecule has 1 saturated carbocycles. The Labute approximate surface area is 198 Å². The number of nitrogens with zero attached hydrogens (tertiary/aromatic N) is 2. The lowest BCUT2D eigenvalue weighted by molar-refractivity contribution is 0.251. The molecule has 4 N–H and O–H groups in total. The fraction of sp³-hybridized carbons (Fsp3) is 0.154. The van der Waals surface area contributed by atoms with Gasteiger partial charge < -0.3 is 10.3 Å². The van der Waals surface area contributed by atoms with Crippen LogP contribution in [0.4, 0.5) is 15.1 Å². The van der Waals surface area contributed by atoms with Crippen LogP contribution in [0.3, 0.4) is 0 Å². The summed E-state index contributed by atoms with van der Waals surface area (Å²) < 4.78 is 14.8. The van der Waals surface area contributed by atoms with Crippen LogP contribution < -0.4 is 16.2 Å². The van der Waals surface area contributed by atoms with Crippen molar-refractivity contribution in [3.8, 4) is 11.1 Å². The minimum atomic E-state index is -0.356. The number of urea groups is 1. The van der Waals surface area contributed by atoms with Crippen LogP contribution in [-0.2, 0) is 6.42 Å². The Bertz CT molecular complexity index is 1650. The lowest BCUT2D eigenvalue weighted by atomic mass is 9.98. The van der Waals surface area contributed by atoms with Crippen molar-refractivity contribution in [3.05, 3.63) is 88.1 Å². The number of nitrogens with one attached hydrogen (secondary N) is 4. The highest BCUT2D eigenvalue weighted by Gasteiger charge is 2.23. The second-order valence-corrected chi connectivity index (χ2v) is 8.73. The van der Waals surface area contributed by atoms with Crippen LogP contribution in [0.25, 0.3) is 32.9 Å². The number of benzene rings is 3. The van der Waals surface area contributed by atoms with Gasteiger partial charge in [0.05, 0.1) is 22.1 Å². The Morgan fingerprint density at radius 2 is 1.89 bits per heavy atom. The van der Waals surface area contributed by atoms with Gasteiger partial charge in [-0.3, -0.25) is 10.1 Å². The largest absolute Gasteiger partial charge is 0.335 e. The number of aromatic nitrogens is 4. The molecule has 0 saturated heterocycles. The number of amides is 2. The van der Waals surface area contributed by atoms with Gasteiger partial charge >= 0.3 is 6.03 Å². The maximum Gasteiger partial charge on any atom is 0.321 e. The number of hydrogen-bond donors (Lipinski definition) is 4. The van der Waals surface area contributed by atoms with E-state index >= 15 is 0 Å². The molecule has 0 atom stereocenters. The minimum absolute atomic E-state index is 0.240. The summed E-state index contributed by atoms with van der Waals surface area (Å²) in [6.07, 6.45) is 2.42. The molecule has 2 aromatic heterocycles. The summed E-state index contributed by atoms with van der Waals surface area (Å²) in [4.78, 5) is 31.6. The zero-order chi connectivity index (χ0) is 23.9. The van der Waals surface area contributed by atoms with Crippen LogP contribution in [0.1, 0.15) is 24.1 Å². The first kappa shape index (κ1) is 21.0. The van der Waals surface area contributed by atoms with Crippen molar-refractivity contribution in [2.24, 2.45) is 0 Å². The van der Waals surface area contributed by atoms with Gasteiger partial charge in [0.15, 0.2) is 0 Å². The van der Waals surface area contributed by atoms with E-state index in [1.54, 1.807) is 24.3 Å². The quantitative estimate of drug-likeness (QED) is 0.304. The van der Waals surface area contributed by atoms with Crippen molar-refractivity contribution in [2.75, 3.05) is 5.32 Å². The molecule has 0 unspecified atom stereocenters. The molecule has 6 rings (SSSR count). The van der Waals surface area contributed by atoms with Crippen molar-refractivity contribution in [2.45, 2.75) is 25.3 Å². The van der Waals surface area contributed by atoms with Crippen LogP contribution in [0.5, 0.6) is 0 Å². The Morgan fingerprint density at radius 3 is 2.71 bits per heavy atom. The Kier molecular flexibility index (Phi) is 5.02. The van der Waals surface area contributed by atoms with E-state index in [0.29, 0.717) is 40.1 Å². The summed E-state index contributed by atoms with van der Waals surface area (Å²) in [7, 11) is 0. The molecular weight excluding hydrogens is 447 g/mol. The Balaban J connectivity index is 1.30. The van der Waals surface area contributed by atoms with Crippen LogP contribution in [0, 0.1) is 5.82 Å². The van der Waals surface area contributed by atoms with Gasteiger partial charge in [0.25, 0.3) is 5.56 Å². The SMILES string of the molecule is O=C(Nc1nc2cc(-c3cc(Cc4n[nH]c(=O)c5ccccc45)ccc3F)ccc2[nH]1)NC1CC1. The summed E-state index contributed by atoms with van der Waals surface area (Å²) in [5, 5.41) is 13.7. The number of aromatic amines is 2. The highest BCUT2D eigenvalue weighted by Crippen LogP contribution is 2.29. The van der Waals surface area contributed by atoms with Gasteiger partial charge in [0.2, 0.25) is 5.95 Å². The summed E-state index contributed by atoms with van der Waals surface area (Å²) in [6.45, 7) is 0. The minimum Gasteiger partial charge on any atom is -0.335 e. The molecule has 5 aromatic rings. The van der Waals surface area contributed by atoms with Crippen molar-refractivity contribution in [3.63, 3.8) is 0 Å². The Hall–Kier alpha value is -4.53. The molecule has 8 nitrogen and oxygen atoms in total. The molecule has 0 spiro atoms. The summed E-state index contributed by atoms with van der Waals surface area (Å²) in [5.41, 5.74) is 3.76. The van der Waals surface area contributed by atoms with E-state index in [0.717, 1.165) is 29.3 Å². The van der Waals surface area contributed by atoms with E-state index in [2.05, 4.69) is 30.8 Å². The van der Waals surface area contributed by atoms with E-state index in [4.69, 9.17) is 0 Å². The number of carbonyl (C=O) groups excluding carboxylic acids is 1. The van der Waals surface area contributed by atoms with Crippen molar-refractivity contribution < 1.29 is 9.18 Å². The first-order chi connectivity index (χ1) is 17.0. The molecule has 0 aliphatic heterocycles. The molecule has 2 amide bonds. The van der Waals surface area contributed by atoms with Gasteiger partial charge in [-0.25, -0.2) is 19.3 Å². The number of halogens is 1. The molecule has 0 bridgehead atoms. The van der Waals surface area contributed by atoms with Gasteiger partial charge in [-0.2, -0.15) is 5.10 Å². The van der Waals surface area contributed by atoms with Crippen molar-refractivity contribution >= 4 is 33.8 Å². The van der Waals surface area contributed by atoms with Gasteiger partial charge in [0.1, 0.15) is 5.82 Å². The average molecular weight is 468 g/mol. The zero-order valence-electron chi connectivity index (χ0n) is 18.6. The molecule has 174 valence electrons. The summed E-state index contributed by atoms with van der Waals surface area (Å²) in [5.74, 6) is -0.0226. The van der Waals surface area contributed by atoms with Crippen LogP contribution >= 0.6 is 0 Å². The number of H-pyrrole nitrogens is 2. The smallest absolute Gasteiger partial charge is 0.321 e. The zero-order valence-corrected chi connectivity index (χ0v) is 18.6. The number of rotatable bonds is 5. The van der Waals surface area contributed by atoms with E-state index in [1.807, 2.05) is 30.3 Å². The van der Waals surface area contributed by atoms with Crippen LogP contribution in [-0.4, -0.2) is 32.2 Å². The molecule has 2 heterocycles. The average Bonchev–Trinajstić information content (AvgIpc) is 3.58. The molecular formula is C26H21FN6O2. The third-order valence-corrected chi connectivity index (χ3v) is 6.12. The van der Waals surface area contributed by atoms with Gasteiger partial charge in [-0.05, 0) is 54.3 Å². The molecule has 1 aliphatic rings. The normalized spacial score (nSPS) is 13.3. The van der Waals surface area contributed by atoms with E-state index in [1.165, 1.54) is 6.07 Å². The maximum atomic E-state index is 14.8. The summed E-state index contributed by atoms with van der Waals surface area (Å²) >= 11 is 0. The first-order valence-corrected chi connectivity index (χ1v) is 11.4. The monoisotopic (exact) mass is 468 g/mol. The molecule has 35 heavy (non-hydrogen) atoms. The standard InChI is InChI=1S/C26H21FN6O2/c27-20-9-5-14(12-22-17-3-1-2-4-18(17)24(34)33-32-22)11-19(20)15-6-10-21-23(13-15)30-25(29-21)31-26(35)28-16-7-8-16/h1-6,9-11,13,16H,7-8,12H2,(H,33,34)(H3,28,29,30,31,35). The highest BCUT2D eigenvalue weighted by atomic mass is 19.1. The lowest BCUT2D eigenvalue weighted by Gasteiger charge is -2.09. The summed E-state index contributed by atoms with van der Waals surface area (Å²) in [6, 6.07) is 17.6. The second kappa shape index (κ2) is 8.35. The number of carbonyl (C=O) groups is 1. The number of anilines is 1. The topological polar surface area (TPSA) is 116 Å². The fourth-order valence-corrected chi connectivity index (χ4v) is 4.19. The van der Waals surface area contributed by atoms with Gasteiger partial charge in [0, 0.05) is 23.4 Å². The highest BCUT2D eigenvalue weighted by molar-refractivity contribution is 5.91. The third kappa shape index (κ3) is 4.23. The molecule has 1 fully saturated rings.